The number of hydrogen-bond acceptors (Lipinski definition) is 4. The van der Waals surface area contributed by atoms with Gasteiger partial charge in [0.1, 0.15) is 0 Å². The maximum atomic E-state index is 12.7. The van der Waals surface area contributed by atoms with Gasteiger partial charge in [0.25, 0.3) is 5.91 Å². The van der Waals surface area contributed by atoms with E-state index in [2.05, 4.69) is 30.1 Å². The first-order valence-electron chi connectivity index (χ1n) is 8.43. The Morgan fingerprint density at radius 3 is 2.36 bits per heavy atom. The van der Waals surface area contributed by atoms with Crippen LogP contribution in [0.5, 0.6) is 11.5 Å². The second kappa shape index (κ2) is 8.42. The Balaban J connectivity index is 2.27. The third-order valence-electron chi connectivity index (χ3n) is 4.23. The molecule has 25 heavy (non-hydrogen) atoms. The summed E-state index contributed by atoms with van der Waals surface area (Å²) in [5.41, 5.74) is 3.39. The number of nitrogens with zero attached hydrogens (tertiary/aromatic N) is 1. The van der Waals surface area contributed by atoms with E-state index in [0.29, 0.717) is 17.1 Å². The lowest BCUT2D eigenvalue weighted by Crippen LogP contribution is -2.22. The van der Waals surface area contributed by atoms with E-state index in [-0.39, 0.29) is 5.91 Å². The molecule has 0 aliphatic heterocycles. The van der Waals surface area contributed by atoms with Crippen LogP contribution < -0.4 is 19.7 Å². The summed E-state index contributed by atoms with van der Waals surface area (Å²) in [6, 6.07) is 11.3. The van der Waals surface area contributed by atoms with Gasteiger partial charge in [-0.05, 0) is 56.7 Å². The van der Waals surface area contributed by atoms with Gasteiger partial charge in [0, 0.05) is 24.5 Å². The van der Waals surface area contributed by atoms with Crippen LogP contribution in [0.15, 0.2) is 36.4 Å². The molecule has 0 spiro atoms. The van der Waals surface area contributed by atoms with Crippen LogP contribution in [-0.2, 0) is 0 Å². The molecule has 0 fully saturated rings. The highest BCUT2D eigenvalue weighted by Gasteiger charge is 2.17. The van der Waals surface area contributed by atoms with Gasteiger partial charge in [-0.3, -0.25) is 4.79 Å². The van der Waals surface area contributed by atoms with Crippen molar-refractivity contribution >= 4 is 17.3 Å². The number of anilines is 2. The number of benzene rings is 2. The molecule has 0 atom stereocenters. The second-order valence-electron chi connectivity index (χ2n) is 5.67. The van der Waals surface area contributed by atoms with Crippen molar-refractivity contribution in [3.63, 3.8) is 0 Å². The average Bonchev–Trinajstić information content (AvgIpc) is 2.63. The van der Waals surface area contributed by atoms with E-state index < -0.39 is 0 Å². The van der Waals surface area contributed by atoms with Gasteiger partial charge in [0.2, 0.25) is 0 Å². The van der Waals surface area contributed by atoms with Gasteiger partial charge in [0.05, 0.1) is 19.8 Å². The minimum Gasteiger partial charge on any atom is -0.493 e. The van der Waals surface area contributed by atoms with Gasteiger partial charge in [0.15, 0.2) is 11.5 Å². The van der Waals surface area contributed by atoms with E-state index in [9.17, 15) is 4.79 Å². The van der Waals surface area contributed by atoms with Crippen LogP contribution in [0.25, 0.3) is 0 Å². The molecular formula is C20H26N2O3. The number of carbonyl (C=O) groups is 1. The quantitative estimate of drug-likeness (QED) is 0.823. The zero-order valence-electron chi connectivity index (χ0n) is 15.6. The van der Waals surface area contributed by atoms with E-state index in [1.165, 1.54) is 7.11 Å². The summed E-state index contributed by atoms with van der Waals surface area (Å²) in [5, 5.41) is 2.96. The van der Waals surface area contributed by atoms with Gasteiger partial charge in [-0.25, -0.2) is 0 Å². The summed E-state index contributed by atoms with van der Waals surface area (Å²) < 4.78 is 10.6. The molecule has 2 aromatic carbocycles. The average molecular weight is 342 g/mol. The van der Waals surface area contributed by atoms with Crippen LogP contribution in [0.3, 0.4) is 0 Å². The van der Waals surface area contributed by atoms with Crippen molar-refractivity contribution in [1.29, 1.82) is 0 Å². The molecule has 0 bridgehead atoms. The topological polar surface area (TPSA) is 50.8 Å². The standard InChI is InChI=1S/C20H26N2O3/c1-6-22(7-2)15-11-12-17(14(3)13-15)21-20(23)16-9-8-10-18(24-4)19(16)25-5/h8-13H,6-7H2,1-5H3,(H,21,23). The van der Waals surface area contributed by atoms with Crippen LogP contribution >= 0.6 is 0 Å². The fraction of sp³-hybridized carbons (Fsp3) is 0.350. The smallest absolute Gasteiger partial charge is 0.259 e. The maximum Gasteiger partial charge on any atom is 0.259 e. The van der Waals surface area contributed by atoms with E-state index in [4.69, 9.17) is 9.47 Å². The summed E-state index contributed by atoms with van der Waals surface area (Å²) in [5.74, 6) is 0.734. The molecule has 0 saturated carbocycles. The lowest BCUT2D eigenvalue weighted by molar-refractivity contribution is 0.102. The lowest BCUT2D eigenvalue weighted by atomic mass is 10.1. The molecule has 0 radical (unpaired) electrons. The fourth-order valence-corrected chi connectivity index (χ4v) is 2.83. The van der Waals surface area contributed by atoms with Crippen molar-refractivity contribution in [2.75, 3.05) is 37.5 Å². The molecule has 2 aromatic rings. The molecule has 1 N–H and O–H groups in total. The third-order valence-corrected chi connectivity index (χ3v) is 4.23. The van der Waals surface area contributed by atoms with Crippen molar-refractivity contribution in [3.8, 4) is 11.5 Å². The lowest BCUT2D eigenvalue weighted by Gasteiger charge is -2.22. The molecule has 0 aliphatic rings. The number of ether oxygens (including phenoxy) is 2. The molecular weight excluding hydrogens is 316 g/mol. The number of amides is 1. The molecule has 2 rings (SSSR count). The van der Waals surface area contributed by atoms with Gasteiger partial charge < -0.3 is 19.7 Å². The summed E-state index contributed by atoms with van der Waals surface area (Å²) in [6.07, 6.45) is 0. The number of nitrogens with one attached hydrogen (secondary N) is 1. The zero-order chi connectivity index (χ0) is 18.4. The summed E-state index contributed by atoms with van der Waals surface area (Å²) in [7, 11) is 3.08. The van der Waals surface area contributed by atoms with Crippen molar-refractivity contribution < 1.29 is 14.3 Å². The largest absolute Gasteiger partial charge is 0.493 e. The number of hydrogen-bond donors (Lipinski definition) is 1. The Bertz CT molecular complexity index is 740. The van der Waals surface area contributed by atoms with Gasteiger partial charge in [-0.1, -0.05) is 6.07 Å². The van der Waals surface area contributed by atoms with Crippen LogP contribution in [0.2, 0.25) is 0 Å². The van der Waals surface area contributed by atoms with Crippen LogP contribution in [0.1, 0.15) is 29.8 Å². The van der Waals surface area contributed by atoms with E-state index in [1.54, 1.807) is 25.3 Å². The van der Waals surface area contributed by atoms with E-state index in [1.807, 2.05) is 19.1 Å². The first-order chi connectivity index (χ1) is 12.0. The Hall–Kier alpha value is -2.69. The normalized spacial score (nSPS) is 10.3. The molecule has 0 heterocycles. The first-order valence-corrected chi connectivity index (χ1v) is 8.43. The summed E-state index contributed by atoms with van der Waals surface area (Å²) in [4.78, 5) is 15.0. The molecule has 0 aliphatic carbocycles. The first kappa shape index (κ1) is 18.6. The second-order valence-corrected chi connectivity index (χ2v) is 5.67. The summed E-state index contributed by atoms with van der Waals surface area (Å²) in [6.45, 7) is 8.14. The minimum absolute atomic E-state index is 0.227. The van der Waals surface area contributed by atoms with Crippen molar-refractivity contribution in [2.45, 2.75) is 20.8 Å². The van der Waals surface area contributed by atoms with Gasteiger partial charge in [-0.2, -0.15) is 0 Å². The number of rotatable bonds is 7. The number of methoxy groups -OCH3 is 2. The monoisotopic (exact) mass is 342 g/mol. The molecule has 0 unspecified atom stereocenters. The SMILES string of the molecule is CCN(CC)c1ccc(NC(=O)c2cccc(OC)c2OC)c(C)c1. The van der Waals surface area contributed by atoms with Crippen molar-refractivity contribution in [2.24, 2.45) is 0 Å². The van der Waals surface area contributed by atoms with Crippen LogP contribution in [0.4, 0.5) is 11.4 Å². The highest BCUT2D eigenvalue weighted by atomic mass is 16.5. The predicted octanol–water partition coefficient (Wildman–Crippen LogP) is 4.11. The molecule has 5 heteroatoms. The van der Waals surface area contributed by atoms with Gasteiger partial charge in [-0.15, -0.1) is 0 Å². The number of carbonyl (C=O) groups excluding carboxylic acids is 1. The van der Waals surface area contributed by atoms with Gasteiger partial charge >= 0.3 is 0 Å². The van der Waals surface area contributed by atoms with E-state index >= 15 is 0 Å². The predicted molar refractivity (Wildman–Crippen MR) is 102 cm³/mol. The Labute approximate surface area is 149 Å². The molecule has 0 aromatic heterocycles. The summed E-state index contributed by atoms with van der Waals surface area (Å²) >= 11 is 0. The maximum absolute atomic E-state index is 12.7. The van der Waals surface area contributed by atoms with Crippen LogP contribution in [0, 0.1) is 6.92 Å². The molecule has 0 saturated heterocycles. The number of para-hydroxylation sites is 1. The highest BCUT2D eigenvalue weighted by Crippen LogP contribution is 2.31. The fourth-order valence-electron chi connectivity index (χ4n) is 2.83. The Kier molecular flexibility index (Phi) is 6.28. The minimum atomic E-state index is -0.227. The third kappa shape index (κ3) is 4.05. The number of aryl methyl sites for hydroxylation is 1. The van der Waals surface area contributed by atoms with Crippen molar-refractivity contribution in [3.05, 3.63) is 47.5 Å². The Morgan fingerprint density at radius 1 is 1.08 bits per heavy atom. The highest BCUT2D eigenvalue weighted by molar-refractivity contribution is 6.07. The molecule has 134 valence electrons. The zero-order valence-corrected chi connectivity index (χ0v) is 15.6. The molecule has 1 amide bonds. The van der Waals surface area contributed by atoms with E-state index in [0.717, 1.165) is 30.0 Å². The Morgan fingerprint density at radius 2 is 1.80 bits per heavy atom. The molecule has 5 nitrogen and oxygen atoms in total. The van der Waals surface area contributed by atoms with Crippen molar-refractivity contribution in [1.82, 2.24) is 0 Å². The van der Waals surface area contributed by atoms with Crippen LogP contribution in [-0.4, -0.2) is 33.2 Å².